The molecular weight excluding hydrogens is 324 g/mol. The maximum atomic E-state index is 5.84. The minimum atomic E-state index is 0.423. The van der Waals surface area contributed by atoms with Crippen molar-refractivity contribution >= 4 is 0 Å². The van der Waals surface area contributed by atoms with Gasteiger partial charge in [0, 0.05) is 11.1 Å². The summed E-state index contributed by atoms with van der Waals surface area (Å²) in [6, 6.07) is 5.76. The second-order valence-corrected chi connectivity index (χ2v) is 5.51. The van der Waals surface area contributed by atoms with E-state index in [0.717, 1.165) is 22.3 Å². The van der Waals surface area contributed by atoms with Crippen LogP contribution in [-0.4, -0.2) is 35.5 Å². The Morgan fingerprint density at radius 3 is 1.84 bits per heavy atom. The predicted octanol–water partition coefficient (Wildman–Crippen LogP) is 3.43. The van der Waals surface area contributed by atoms with Gasteiger partial charge in [-0.2, -0.15) is 0 Å². The van der Waals surface area contributed by atoms with Crippen molar-refractivity contribution in [3.05, 3.63) is 29.3 Å². The molecule has 0 saturated carbocycles. The smallest absolute Gasteiger partial charge is 0.203 e. The molecule has 0 aliphatic carbocycles. The molecule has 0 aromatic heterocycles. The lowest BCUT2D eigenvalue weighted by atomic mass is 9.93. The fourth-order valence-electron chi connectivity index (χ4n) is 3.23. The van der Waals surface area contributed by atoms with Crippen molar-refractivity contribution in [2.75, 3.05) is 35.5 Å². The average Bonchev–Trinajstić information content (AvgIpc) is 2.84. The van der Waals surface area contributed by atoms with Gasteiger partial charge in [-0.1, -0.05) is 6.07 Å². The van der Waals surface area contributed by atoms with E-state index < -0.39 is 0 Å². The van der Waals surface area contributed by atoms with Gasteiger partial charge >= 0.3 is 0 Å². The predicted molar refractivity (Wildman–Crippen MR) is 93.1 cm³/mol. The zero-order chi connectivity index (χ0) is 18.0. The summed E-state index contributed by atoms with van der Waals surface area (Å²) in [6.45, 7) is 0.879. The van der Waals surface area contributed by atoms with Crippen molar-refractivity contribution in [1.29, 1.82) is 0 Å². The molecule has 0 unspecified atom stereocenters. The first kappa shape index (κ1) is 17.2. The van der Waals surface area contributed by atoms with Crippen LogP contribution in [0.25, 0.3) is 11.1 Å². The van der Waals surface area contributed by atoms with Crippen LogP contribution in [0, 0.1) is 0 Å². The number of benzene rings is 2. The molecule has 0 amide bonds. The van der Waals surface area contributed by atoms with Crippen molar-refractivity contribution in [2.24, 2.45) is 0 Å². The summed E-state index contributed by atoms with van der Waals surface area (Å²) < 4.78 is 33.7. The number of fused-ring (bicyclic) bond motifs is 3. The first-order valence-corrected chi connectivity index (χ1v) is 7.83. The molecule has 0 N–H and O–H groups in total. The fourth-order valence-corrected chi connectivity index (χ4v) is 3.23. The third-order valence-corrected chi connectivity index (χ3v) is 4.31. The Hall–Kier alpha value is -2.60. The Bertz CT molecular complexity index is 784. The quantitative estimate of drug-likeness (QED) is 0.827. The molecular formula is C19H22O6. The number of hydrogen-bond acceptors (Lipinski definition) is 6. The molecule has 25 heavy (non-hydrogen) atoms. The van der Waals surface area contributed by atoms with Crippen LogP contribution in [0.4, 0.5) is 0 Å². The third-order valence-electron chi connectivity index (χ3n) is 4.31. The third kappa shape index (κ3) is 2.72. The summed E-state index contributed by atoms with van der Waals surface area (Å²) in [5.41, 5.74) is 3.66. The molecule has 0 bridgehead atoms. The van der Waals surface area contributed by atoms with E-state index in [4.69, 9.17) is 28.4 Å². The van der Waals surface area contributed by atoms with Crippen molar-refractivity contribution in [1.82, 2.24) is 0 Å². The van der Waals surface area contributed by atoms with E-state index in [9.17, 15) is 0 Å². The normalized spacial score (nSPS) is 12.5. The Kier molecular flexibility index (Phi) is 4.90. The van der Waals surface area contributed by atoms with Crippen molar-refractivity contribution in [3.8, 4) is 39.9 Å². The lowest BCUT2D eigenvalue weighted by molar-refractivity contribution is 0.109. The Morgan fingerprint density at radius 2 is 1.24 bits per heavy atom. The van der Waals surface area contributed by atoms with Gasteiger partial charge in [0.15, 0.2) is 23.0 Å². The van der Waals surface area contributed by atoms with Crippen LogP contribution in [0.5, 0.6) is 28.7 Å². The summed E-state index contributed by atoms with van der Waals surface area (Å²) in [4.78, 5) is 0. The minimum absolute atomic E-state index is 0.423. The second kappa shape index (κ2) is 7.11. The Morgan fingerprint density at radius 1 is 0.640 bits per heavy atom. The van der Waals surface area contributed by atoms with Gasteiger partial charge in [-0.05, 0) is 23.3 Å². The first-order valence-electron chi connectivity index (χ1n) is 7.83. The van der Waals surface area contributed by atoms with Crippen LogP contribution < -0.4 is 23.7 Å². The van der Waals surface area contributed by atoms with E-state index in [0.29, 0.717) is 42.0 Å². The zero-order valence-corrected chi connectivity index (χ0v) is 15.1. The van der Waals surface area contributed by atoms with Gasteiger partial charge in [0.1, 0.15) is 0 Å². The van der Waals surface area contributed by atoms with E-state index in [-0.39, 0.29) is 0 Å². The molecule has 2 aromatic rings. The second-order valence-electron chi connectivity index (χ2n) is 5.51. The van der Waals surface area contributed by atoms with Gasteiger partial charge < -0.3 is 28.4 Å². The highest BCUT2D eigenvalue weighted by Crippen LogP contribution is 2.52. The van der Waals surface area contributed by atoms with Crippen molar-refractivity contribution < 1.29 is 28.4 Å². The molecule has 0 spiro atoms. The lowest BCUT2D eigenvalue weighted by Gasteiger charge is -2.21. The highest BCUT2D eigenvalue weighted by molar-refractivity contribution is 5.87. The van der Waals surface area contributed by atoms with Gasteiger partial charge in [-0.3, -0.25) is 0 Å². The summed E-state index contributed by atoms with van der Waals surface area (Å²) in [7, 11) is 8.03. The minimum Gasteiger partial charge on any atom is -0.493 e. The number of rotatable bonds is 5. The standard InChI is InChI=1S/C19H22O6/c1-20-13-7-6-11-9-25-10-12-8-14(21-2)18(23-4)19(24-5)16(12)15(11)17(13)22-3/h6-8H,9-10H2,1-5H3. The zero-order valence-electron chi connectivity index (χ0n) is 15.1. The molecule has 0 saturated heterocycles. The number of ether oxygens (including phenoxy) is 6. The Balaban J connectivity index is 2.42. The molecule has 6 nitrogen and oxygen atoms in total. The van der Waals surface area contributed by atoms with Gasteiger partial charge in [-0.25, -0.2) is 0 Å². The topological polar surface area (TPSA) is 55.4 Å². The van der Waals surface area contributed by atoms with E-state index in [1.807, 2.05) is 18.2 Å². The molecule has 1 heterocycles. The maximum absolute atomic E-state index is 5.84. The fraction of sp³-hybridized carbons (Fsp3) is 0.368. The molecule has 0 atom stereocenters. The van der Waals surface area contributed by atoms with Gasteiger partial charge in [-0.15, -0.1) is 0 Å². The maximum Gasteiger partial charge on any atom is 0.203 e. The summed E-state index contributed by atoms with van der Waals surface area (Å²) in [5.74, 6) is 2.98. The Labute approximate surface area is 147 Å². The van der Waals surface area contributed by atoms with E-state index in [1.165, 1.54) is 0 Å². The SMILES string of the molecule is COc1cc2c(c(OC)c1OC)-c1c(ccc(OC)c1OC)COC2. The highest BCUT2D eigenvalue weighted by Gasteiger charge is 2.29. The van der Waals surface area contributed by atoms with Crippen molar-refractivity contribution in [2.45, 2.75) is 13.2 Å². The molecule has 3 rings (SSSR count). The number of hydrogen-bond donors (Lipinski definition) is 0. The largest absolute Gasteiger partial charge is 0.493 e. The van der Waals surface area contributed by atoms with Crippen LogP contribution in [0.1, 0.15) is 11.1 Å². The van der Waals surface area contributed by atoms with Gasteiger partial charge in [0.2, 0.25) is 5.75 Å². The molecule has 1 aliphatic heterocycles. The molecule has 134 valence electrons. The van der Waals surface area contributed by atoms with Crippen LogP contribution in [0.3, 0.4) is 0 Å². The number of methoxy groups -OCH3 is 5. The van der Waals surface area contributed by atoms with Gasteiger partial charge in [0.05, 0.1) is 48.8 Å². The summed E-state index contributed by atoms with van der Waals surface area (Å²) in [6.07, 6.45) is 0. The average molecular weight is 346 g/mol. The van der Waals surface area contributed by atoms with Crippen molar-refractivity contribution in [3.63, 3.8) is 0 Å². The van der Waals surface area contributed by atoms with Crippen LogP contribution in [-0.2, 0) is 18.0 Å². The first-order chi connectivity index (χ1) is 12.2. The molecule has 2 aromatic carbocycles. The van der Waals surface area contributed by atoms with E-state index >= 15 is 0 Å². The van der Waals surface area contributed by atoms with E-state index in [2.05, 4.69) is 0 Å². The summed E-state index contributed by atoms with van der Waals surface area (Å²) >= 11 is 0. The molecule has 6 heteroatoms. The van der Waals surface area contributed by atoms with E-state index in [1.54, 1.807) is 35.5 Å². The lowest BCUT2D eigenvalue weighted by Crippen LogP contribution is -2.02. The highest BCUT2D eigenvalue weighted by atomic mass is 16.5. The van der Waals surface area contributed by atoms with Crippen LogP contribution >= 0.6 is 0 Å². The van der Waals surface area contributed by atoms with Crippen LogP contribution in [0.2, 0.25) is 0 Å². The van der Waals surface area contributed by atoms with Gasteiger partial charge in [0.25, 0.3) is 0 Å². The monoisotopic (exact) mass is 346 g/mol. The summed E-state index contributed by atoms with van der Waals surface area (Å²) in [5, 5.41) is 0. The molecule has 0 fully saturated rings. The molecule has 1 aliphatic rings. The molecule has 0 radical (unpaired) electrons. The van der Waals surface area contributed by atoms with Crippen LogP contribution in [0.15, 0.2) is 18.2 Å².